The fourth-order valence-electron chi connectivity index (χ4n) is 3.00. The van der Waals surface area contributed by atoms with Crippen LogP contribution in [0.2, 0.25) is 0 Å². The number of methoxy groups -OCH3 is 1. The molecule has 1 atom stereocenters. The maximum absolute atomic E-state index is 12.7. The van der Waals surface area contributed by atoms with Gasteiger partial charge in [0.2, 0.25) is 5.91 Å². The zero-order valence-corrected chi connectivity index (χ0v) is 15.1. The summed E-state index contributed by atoms with van der Waals surface area (Å²) in [5.74, 6) is 0.852. The minimum absolute atomic E-state index is 0.0693. The average molecular weight is 354 g/mol. The van der Waals surface area contributed by atoms with Gasteiger partial charge in [0, 0.05) is 12.1 Å². The third-order valence-electron chi connectivity index (χ3n) is 4.41. The second kappa shape index (κ2) is 7.47. The van der Waals surface area contributed by atoms with Crippen LogP contribution in [-0.2, 0) is 16.1 Å². The zero-order valence-electron chi connectivity index (χ0n) is 15.1. The smallest absolute Gasteiger partial charge is 0.265 e. The van der Waals surface area contributed by atoms with Crippen LogP contribution in [0.25, 0.3) is 0 Å². The third-order valence-corrected chi connectivity index (χ3v) is 4.41. The van der Waals surface area contributed by atoms with E-state index in [1.54, 1.807) is 14.0 Å². The molecule has 1 N–H and O–H groups in total. The summed E-state index contributed by atoms with van der Waals surface area (Å²) in [7, 11) is 1.59. The molecule has 0 fully saturated rings. The van der Waals surface area contributed by atoms with Crippen molar-refractivity contribution in [3.63, 3.8) is 0 Å². The summed E-state index contributed by atoms with van der Waals surface area (Å²) < 4.78 is 10.8. The molecule has 6 nitrogen and oxygen atoms in total. The largest absolute Gasteiger partial charge is 0.496 e. The predicted octanol–water partition coefficient (Wildman–Crippen LogP) is 2.43. The normalized spacial score (nSPS) is 14.3. The highest BCUT2D eigenvalue weighted by Gasteiger charge is 2.33. The van der Waals surface area contributed by atoms with E-state index in [1.165, 1.54) is 4.90 Å². The van der Waals surface area contributed by atoms with Crippen LogP contribution in [0.3, 0.4) is 0 Å². The molecule has 136 valence electrons. The number of hydrogen-bond acceptors (Lipinski definition) is 4. The van der Waals surface area contributed by atoms with E-state index in [0.717, 1.165) is 11.1 Å². The van der Waals surface area contributed by atoms with Crippen molar-refractivity contribution in [2.75, 3.05) is 18.6 Å². The number of para-hydroxylation sites is 1. The molecule has 0 aliphatic carbocycles. The summed E-state index contributed by atoms with van der Waals surface area (Å²) in [6.45, 7) is 3.91. The van der Waals surface area contributed by atoms with Gasteiger partial charge >= 0.3 is 0 Å². The van der Waals surface area contributed by atoms with Crippen LogP contribution in [-0.4, -0.2) is 31.6 Å². The molecule has 2 amide bonds. The fraction of sp³-hybridized carbons (Fsp3) is 0.300. The van der Waals surface area contributed by atoms with Crippen LogP contribution in [0.5, 0.6) is 11.5 Å². The maximum atomic E-state index is 12.7. The lowest BCUT2D eigenvalue weighted by Gasteiger charge is -2.33. The minimum atomic E-state index is -0.651. The van der Waals surface area contributed by atoms with E-state index in [2.05, 4.69) is 5.32 Å². The first-order valence-corrected chi connectivity index (χ1v) is 8.46. The van der Waals surface area contributed by atoms with Gasteiger partial charge in [-0.05, 0) is 37.6 Å². The highest BCUT2D eigenvalue weighted by Crippen LogP contribution is 2.34. The lowest BCUT2D eigenvalue weighted by atomic mass is 10.1. The number of fused-ring (bicyclic) bond motifs is 1. The molecule has 0 aromatic heterocycles. The van der Waals surface area contributed by atoms with Gasteiger partial charge < -0.3 is 14.8 Å². The molecule has 1 aliphatic rings. The van der Waals surface area contributed by atoms with Crippen LogP contribution in [0.1, 0.15) is 18.1 Å². The number of aryl methyl sites for hydroxylation is 1. The number of carbonyl (C=O) groups excluding carboxylic acids is 2. The second-order valence-electron chi connectivity index (χ2n) is 6.23. The van der Waals surface area contributed by atoms with Gasteiger partial charge in [0.15, 0.2) is 6.61 Å². The summed E-state index contributed by atoms with van der Waals surface area (Å²) in [5.41, 5.74) is 2.50. The minimum Gasteiger partial charge on any atom is -0.496 e. The Morgan fingerprint density at radius 2 is 2.08 bits per heavy atom. The number of hydrogen-bond donors (Lipinski definition) is 1. The number of carbonyl (C=O) groups is 2. The van der Waals surface area contributed by atoms with Gasteiger partial charge in [0.05, 0.1) is 12.8 Å². The molecule has 0 saturated heterocycles. The molecule has 26 heavy (non-hydrogen) atoms. The Bertz CT molecular complexity index is 834. The Hall–Kier alpha value is -3.02. The molecular formula is C20H22N2O4. The van der Waals surface area contributed by atoms with Gasteiger partial charge in [-0.3, -0.25) is 14.5 Å². The van der Waals surface area contributed by atoms with E-state index in [0.29, 0.717) is 23.7 Å². The summed E-state index contributed by atoms with van der Waals surface area (Å²) in [6, 6.07) is 12.4. The van der Waals surface area contributed by atoms with Gasteiger partial charge in [0.25, 0.3) is 5.91 Å². The lowest BCUT2D eigenvalue weighted by Crippen LogP contribution is -2.51. The van der Waals surface area contributed by atoms with E-state index in [4.69, 9.17) is 9.47 Å². The van der Waals surface area contributed by atoms with Crippen molar-refractivity contribution in [2.24, 2.45) is 0 Å². The number of benzene rings is 2. The molecule has 2 aromatic rings. The monoisotopic (exact) mass is 354 g/mol. The van der Waals surface area contributed by atoms with Crippen molar-refractivity contribution >= 4 is 17.5 Å². The zero-order chi connectivity index (χ0) is 18.7. The van der Waals surface area contributed by atoms with Crippen LogP contribution >= 0.6 is 0 Å². The number of nitrogens with one attached hydrogen (secondary N) is 1. The molecule has 0 spiro atoms. The summed E-state index contributed by atoms with van der Waals surface area (Å²) >= 11 is 0. The van der Waals surface area contributed by atoms with Crippen molar-refractivity contribution < 1.29 is 19.1 Å². The molecule has 1 aliphatic heterocycles. The Kier molecular flexibility index (Phi) is 5.11. The van der Waals surface area contributed by atoms with E-state index >= 15 is 0 Å². The van der Waals surface area contributed by atoms with Gasteiger partial charge in [0.1, 0.15) is 17.5 Å². The molecular weight excluding hydrogens is 332 g/mol. The van der Waals surface area contributed by atoms with E-state index in [9.17, 15) is 9.59 Å². The maximum Gasteiger partial charge on any atom is 0.265 e. The Labute approximate surface area is 152 Å². The van der Waals surface area contributed by atoms with Gasteiger partial charge in [-0.2, -0.15) is 0 Å². The SMILES string of the molecule is COc1ccccc1CNC(=O)[C@H](C)N1C(=O)COc2ccc(C)cc21. The topological polar surface area (TPSA) is 67.9 Å². The summed E-state index contributed by atoms with van der Waals surface area (Å²) in [4.78, 5) is 26.6. The van der Waals surface area contributed by atoms with Gasteiger partial charge in [-0.1, -0.05) is 24.3 Å². The van der Waals surface area contributed by atoms with Gasteiger partial charge in [-0.25, -0.2) is 0 Å². The fourth-order valence-corrected chi connectivity index (χ4v) is 3.00. The molecule has 3 rings (SSSR count). The highest BCUT2D eigenvalue weighted by molar-refractivity contribution is 6.03. The quantitative estimate of drug-likeness (QED) is 0.895. The third kappa shape index (κ3) is 3.49. The average Bonchev–Trinajstić information content (AvgIpc) is 2.65. The Balaban J connectivity index is 1.76. The number of amides is 2. The second-order valence-corrected chi connectivity index (χ2v) is 6.23. The number of rotatable bonds is 5. The molecule has 6 heteroatoms. The first kappa shape index (κ1) is 17.8. The highest BCUT2D eigenvalue weighted by atomic mass is 16.5. The van der Waals surface area contributed by atoms with Crippen molar-refractivity contribution in [1.82, 2.24) is 5.32 Å². The first-order chi connectivity index (χ1) is 12.5. The summed E-state index contributed by atoms with van der Waals surface area (Å²) in [5, 5.41) is 2.88. The summed E-state index contributed by atoms with van der Waals surface area (Å²) in [6.07, 6.45) is 0. The number of ether oxygens (including phenoxy) is 2. The molecule has 2 aromatic carbocycles. The molecule has 1 heterocycles. The Morgan fingerprint density at radius 1 is 1.31 bits per heavy atom. The predicted molar refractivity (Wildman–Crippen MR) is 98.5 cm³/mol. The van der Waals surface area contributed by atoms with Crippen LogP contribution in [0, 0.1) is 6.92 Å². The van der Waals surface area contributed by atoms with E-state index in [-0.39, 0.29) is 18.4 Å². The lowest BCUT2D eigenvalue weighted by molar-refractivity contribution is -0.127. The van der Waals surface area contributed by atoms with E-state index < -0.39 is 6.04 Å². The first-order valence-electron chi connectivity index (χ1n) is 8.46. The molecule has 0 bridgehead atoms. The van der Waals surface area contributed by atoms with Crippen molar-refractivity contribution in [3.05, 3.63) is 53.6 Å². The Morgan fingerprint density at radius 3 is 2.85 bits per heavy atom. The molecule has 0 saturated carbocycles. The van der Waals surface area contributed by atoms with Gasteiger partial charge in [-0.15, -0.1) is 0 Å². The van der Waals surface area contributed by atoms with Crippen molar-refractivity contribution in [2.45, 2.75) is 26.4 Å². The number of nitrogens with zero attached hydrogens (tertiary/aromatic N) is 1. The van der Waals surface area contributed by atoms with Crippen LogP contribution < -0.4 is 19.7 Å². The molecule has 0 unspecified atom stereocenters. The standard InChI is InChI=1S/C20H22N2O4/c1-13-8-9-18-16(10-13)22(19(23)12-26-18)14(2)20(24)21-11-15-6-4-5-7-17(15)25-3/h4-10,14H,11-12H2,1-3H3,(H,21,24)/t14-/m0/s1. The van der Waals surface area contributed by atoms with Crippen molar-refractivity contribution in [3.8, 4) is 11.5 Å². The van der Waals surface area contributed by atoms with E-state index in [1.807, 2.05) is 49.4 Å². The molecule has 0 radical (unpaired) electrons. The van der Waals surface area contributed by atoms with Crippen LogP contribution in [0.4, 0.5) is 5.69 Å². The van der Waals surface area contributed by atoms with Crippen LogP contribution in [0.15, 0.2) is 42.5 Å². The number of anilines is 1. The van der Waals surface area contributed by atoms with Crippen molar-refractivity contribution in [1.29, 1.82) is 0 Å².